The van der Waals surface area contributed by atoms with Gasteiger partial charge in [-0.05, 0) is 90.5 Å². The van der Waals surface area contributed by atoms with Crippen LogP contribution in [0.2, 0.25) is 0 Å². The number of hydrogen-bond acceptors (Lipinski definition) is 2. The van der Waals surface area contributed by atoms with Gasteiger partial charge in [-0.25, -0.2) is 0 Å². The molecule has 3 aromatic rings. The maximum Gasteiger partial charge on any atom is 0.257 e. The van der Waals surface area contributed by atoms with Crippen LogP contribution in [-0.2, 0) is 19.5 Å². The Morgan fingerprint density at radius 1 is 0.968 bits per heavy atom. The second kappa shape index (κ2) is 7.72. The SMILES string of the molecule is CCCCn1nn[n+](Cc2ccc3ccccc3c2)c1CC12CC3CC(CC(C3)C1)C2. The summed E-state index contributed by atoms with van der Waals surface area (Å²) in [5, 5.41) is 11.9. The van der Waals surface area contributed by atoms with E-state index in [1.165, 1.54) is 79.9 Å². The average molecular weight is 416 g/mol. The van der Waals surface area contributed by atoms with Crippen molar-refractivity contribution in [2.24, 2.45) is 23.2 Å². The predicted octanol–water partition coefficient (Wildman–Crippen LogP) is 5.33. The Hall–Kier alpha value is -2.23. The Labute approximate surface area is 185 Å². The Bertz CT molecular complexity index is 1050. The van der Waals surface area contributed by atoms with Gasteiger partial charge in [0, 0.05) is 6.42 Å². The fraction of sp³-hybridized carbons (Fsp3) is 0.593. The lowest BCUT2D eigenvalue weighted by molar-refractivity contribution is -0.754. The van der Waals surface area contributed by atoms with Crippen LogP contribution in [0.15, 0.2) is 42.5 Å². The van der Waals surface area contributed by atoms with Crippen LogP contribution in [-0.4, -0.2) is 15.1 Å². The van der Waals surface area contributed by atoms with Gasteiger partial charge in [0.15, 0.2) is 5.21 Å². The maximum absolute atomic E-state index is 4.67. The van der Waals surface area contributed by atoms with E-state index in [-0.39, 0.29) is 0 Å². The minimum atomic E-state index is 0.506. The van der Waals surface area contributed by atoms with Crippen molar-refractivity contribution in [2.75, 3.05) is 0 Å². The molecule has 4 nitrogen and oxygen atoms in total. The summed E-state index contributed by atoms with van der Waals surface area (Å²) < 4.78 is 4.46. The lowest BCUT2D eigenvalue weighted by atomic mass is 9.49. The molecule has 1 aromatic heterocycles. The van der Waals surface area contributed by atoms with Gasteiger partial charge < -0.3 is 0 Å². The summed E-state index contributed by atoms with van der Waals surface area (Å²) in [5.41, 5.74) is 1.82. The molecule has 4 aliphatic carbocycles. The summed E-state index contributed by atoms with van der Waals surface area (Å²) in [4.78, 5) is 0. The largest absolute Gasteiger partial charge is 0.257 e. The van der Waals surface area contributed by atoms with E-state index in [1.807, 2.05) is 0 Å². The smallest absolute Gasteiger partial charge is 0.133 e. The molecule has 2 aromatic carbocycles. The van der Waals surface area contributed by atoms with Gasteiger partial charge in [0.25, 0.3) is 5.82 Å². The van der Waals surface area contributed by atoms with Gasteiger partial charge in [-0.2, -0.15) is 0 Å². The van der Waals surface area contributed by atoms with E-state index < -0.39 is 0 Å². The van der Waals surface area contributed by atoms with Crippen molar-refractivity contribution < 1.29 is 4.68 Å². The molecule has 0 aliphatic heterocycles. The highest BCUT2D eigenvalue weighted by molar-refractivity contribution is 5.82. The molecular weight excluding hydrogens is 380 g/mol. The summed E-state index contributed by atoms with van der Waals surface area (Å²) in [6, 6.07) is 15.4. The molecule has 4 aliphatic rings. The first-order valence-corrected chi connectivity index (χ1v) is 12.5. The first-order chi connectivity index (χ1) is 15.2. The van der Waals surface area contributed by atoms with E-state index in [4.69, 9.17) is 0 Å². The van der Waals surface area contributed by atoms with Gasteiger partial charge in [-0.15, -0.1) is 4.68 Å². The van der Waals surface area contributed by atoms with E-state index in [9.17, 15) is 0 Å². The first-order valence-electron chi connectivity index (χ1n) is 12.5. The number of fused-ring (bicyclic) bond motifs is 1. The van der Waals surface area contributed by atoms with Crippen LogP contribution in [0.25, 0.3) is 10.8 Å². The van der Waals surface area contributed by atoms with Gasteiger partial charge >= 0.3 is 0 Å². The molecule has 7 rings (SSSR count). The Morgan fingerprint density at radius 3 is 2.39 bits per heavy atom. The van der Waals surface area contributed by atoms with E-state index in [1.54, 1.807) is 0 Å². The second-order valence-electron chi connectivity index (χ2n) is 10.9. The Balaban J connectivity index is 1.31. The summed E-state index contributed by atoms with van der Waals surface area (Å²) in [6.07, 6.45) is 12.4. The van der Waals surface area contributed by atoms with Gasteiger partial charge in [-0.1, -0.05) is 54.4 Å². The zero-order valence-corrected chi connectivity index (χ0v) is 18.8. The Kier molecular flexibility index (Phi) is 4.85. The van der Waals surface area contributed by atoms with Gasteiger partial charge in [0.05, 0.1) is 0 Å². The van der Waals surface area contributed by atoms with Crippen LogP contribution in [0.3, 0.4) is 0 Å². The molecular formula is C27H35N4+. The summed E-state index contributed by atoms with van der Waals surface area (Å²) in [7, 11) is 0. The molecule has 0 atom stereocenters. The van der Waals surface area contributed by atoms with Crippen molar-refractivity contribution in [3.63, 3.8) is 0 Å². The van der Waals surface area contributed by atoms with Crippen molar-refractivity contribution in [2.45, 2.75) is 77.8 Å². The van der Waals surface area contributed by atoms with Crippen LogP contribution in [0, 0.1) is 23.2 Å². The fourth-order valence-corrected chi connectivity index (χ4v) is 7.47. The van der Waals surface area contributed by atoms with Crippen LogP contribution in [0.5, 0.6) is 0 Å². The highest BCUT2D eigenvalue weighted by Crippen LogP contribution is 2.60. The molecule has 4 fully saturated rings. The molecule has 0 N–H and O–H groups in total. The van der Waals surface area contributed by atoms with E-state index in [0.717, 1.165) is 30.8 Å². The number of rotatable bonds is 7. The summed E-state index contributed by atoms with van der Waals surface area (Å²) in [6.45, 7) is 4.08. The molecule has 0 spiro atoms. The quantitative estimate of drug-likeness (QED) is 0.489. The maximum atomic E-state index is 4.67. The second-order valence-corrected chi connectivity index (χ2v) is 10.9. The van der Waals surface area contributed by atoms with Crippen LogP contribution in [0.1, 0.15) is 69.7 Å². The molecule has 0 saturated heterocycles. The summed E-state index contributed by atoms with van der Waals surface area (Å²) >= 11 is 0. The lowest BCUT2D eigenvalue weighted by Gasteiger charge is -2.56. The van der Waals surface area contributed by atoms with Crippen molar-refractivity contribution in [1.29, 1.82) is 0 Å². The third kappa shape index (κ3) is 3.68. The zero-order valence-electron chi connectivity index (χ0n) is 18.8. The number of unbranched alkanes of at least 4 members (excludes halogenated alkanes) is 1. The molecule has 4 saturated carbocycles. The van der Waals surface area contributed by atoms with Gasteiger partial charge in [-0.3, -0.25) is 0 Å². The highest BCUT2D eigenvalue weighted by Gasteiger charge is 2.52. The van der Waals surface area contributed by atoms with Crippen LogP contribution in [0.4, 0.5) is 0 Å². The average Bonchev–Trinajstić information content (AvgIpc) is 3.11. The number of hydrogen-bond donors (Lipinski definition) is 0. The van der Waals surface area contributed by atoms with E-state index >= 15 is 0 Å². The van der Waals surface area contributed by atoms with E-state index in [0.29, 0.717) is 5.41 Å². The normalized spacial score (nSPS) is 29.1. The highest BCUT2D eigenvalue weighted by atomic mass is 15.6. The Morgan fingerprint density at radius 2 is 1.68 bits per heavy atom. The topological polar surface area (TPSA) is 34.6 Å². The molecule has 0 radical (unpaired) electrons. The lowest BCUT2D eigenvalue weighted by Crippen LogP contribution is -2.50. The summed E-state index contributed by atoms with van der Waals surface area (Å²) in [5.74, 6) is 4.32. The number of benzene rings is 2. The third-order valence-electron chi connectivity index (χ3n) is 8.42. The fourth-order valence-electron chi connectivity index (χ4n) is 7.47. The molecule has 4 bridgehead atoms. The monoisotopic (exact) mass is 415 g/mol. The third-order valence-corrected chi connectivity index (χ3v) is 8.42. The van der Waals surface area contributed by atoms with E-state index in [2.05, 4.69) is 69.2 Å². The van der Waals surface area contributed by atoms with Crippen molar-refractivity contribution >= 4 is 10.8 Å². The number of aromatic nitrogens is 4. The number of nitrogens with zero attached hydrogens (tertiary/aromatic N) is 4. The molecule has 4 heteroatoms. The minimum absolute atomic E-state index is 0.506. The molecule has 1 heterocycles. The van der Waals surface area contributed by atoms with Crippen LogP contribution >= 0.6 is 0 Å². The van der Waals surface area contributed by atoms with Crippen molar-refractivity contribution in [3.8, 4) is 0 Å². The standard InChI is InChI=1S/C27H35N4/c1-2-3-10-30-26(18-27-15-21-11-22(16-27)13-23(12-21)17-27)31(29-28-30)19-20-8-9-24-6-4-5-7-25(24)14-20/h4-9,14,21-23H,2-3,10-13,15-19H2,1H3/q+1. The van der Waals surface area contributed by atoms with Crippen LogP contribution < -0.4 is 4.68 Å². The predicted molar refractivity (Wildman–Crippen MR) is 122 cm³/mol. The number of aryl methyl sites for hydroxylation is 1. The molecule has 31 heavy (non-hydrogen) atoms. The van der Waals surface area contributed by atoms with Crippen molar-refractivity contribution in [1.82, 2.24) is 15.1 Å². The molecule has 162 valence electrons. The van der Waals surface area contributed by atoms with Crippen molar-refractivity contribution in [3.05, 3.63) is 53.9 Å². The van der Waals surface area contributed by atoms with Gasteiger partial charge in [0.1, 0.15) is 18.3 Å². The molecule has 0 unspecified atom stereocenters. The minimum Gasteiger partial charge on any atom is -0.133 e. The first kappa shape index (κ1) is 19.5. The van der Waals surface area contributed by atoms with Gasteiger partial charge in [0.2, 0.25) is 0 Å². The molecule has 0 amide bonds. The number of tetrazole rings is 1. The zero-order chi connectivity index (χ0) is 20.8.